The van der Waals surface area contributed by atoms with Crippen LogP contribution in [0, 0.1) is 0 Å². The first-order chi connectivity index (χ1) is 14.9. The van der Waals surface area contributed by atoms with Gasteiger partial charge in [-0.1, -0.05) is 18.2 Å². The molecule has 1 atom stereocenters. The van der Waals surface area contributed by atoms with Gasteiger partial charge in [0.05, 0.1) is 11.6 Å². The van der Waals surface area contributed by atoms with Crippen LogP contribution in [0.15, 0.2) is 61.1 Å². The van der Waals surface area contributed by atoms with Crippen LogP contribution < -0.4 is 14.8 Å². The number of halogens is 3. The van der Waals surface area contributed by atoms with Crippen molar-refractivity contribution in [3.05, 3.63) is 72.2 Å². The number of pyridine rings is 2. The Balaban J connectivity index is 1.43. The lowest BCUT2D eigenvalue weighted by Crippen LogP contribution is -2.42. The quantitative estimate of drug-likeness (QED) is 0.668. The van der Waals surface area contributed by atoms with Gasteiger partial charge >= 0.3 is 6.18 Å². The maximum Gasteiger partial charge on any atom is 0.422 e. The molecular weight excluding hydrogens is 411 g/mol. The van der Waals surface area contributed by atoms with E-state index in [9.17, 15) is 18.0 Å². The number of hydrogen-bond donors (Lipinski definition) is 1. The average Bonchev–Trinajstić information content (AvgIpc) is 2.77. The van der Waals surface area contributed by atoms with Crippen LogP contribution in [-0.4, -0.2) is 41.3 Å². The molecule has 3 aromatic rings. The summed E-state index contributed by atoms with van der Waals surface area (Å²) >= 11 is 0. The lowest BCUT2D eigenvalue weighted by atomic mass is 9.93. The smallest absolute Gasteiger partial charge is 0.422 e. The van der Waals surface area contributed by atoms with Crippen LogP contribution in [0.5, 0.6) is 11.6 Å². The van der Waals surface area contributed by atoms with Crippen molar-refractivity contribution in [3.63, 3.8) is 0 Å². The van der Waals surface area contributed by atoms with Crippen LogP contribution in [0.1, 0.15) is 15.9 Å². The molecule has 1 N–H and O–H groups in total. The van der Waals surface area contributed by atoms with E-state index >= 15 is 0 Å². The number of aromatic nitrogens is 2. The summed E-state index contributed by atoms with van der Waals surface area (Å²) in [6.45, 7) is -1.14. The van der Waals surface area contributed by atoms with E-state index < -0.39 is 18.7 Å². The Hall–Kier alpha value is -3.62. The predicted molar refractivity (Wildman–Crippen MR) is 106 cm³/mol. The highest BCUT2D eigenvalue weighted by molar-refractivity contribution is 5.94. The molecule has 160 valence electrons. The standard InChI is InChI=1S/C22H18F3N3O3/c23-22(24,25)13-31-20-7-6-15(11-27-20)21(29)28-16-9-18-17(14-3-2-8-26-10-14)4-1-5-19(18)30-12-16/h1-8,10-11,16H,9,12-13H2,(H,28,29). The van der Waals surface area contributed by atoms with Crippen molar-refractivity contribution >= 4 is 5.91 Å². The summed E-state index contributed by atoms with van der Waals surface area (Å²) in [6.07, 6.45) is 0.757. The monoisotopic (exact) mass is 429 g/mol. The number of hydrogen-bond acceptors (Lipinski definition) is 5. The Morgan fingerprint density at radius 3 is 2.74 bits per heavy atom. The maximum atomic E-state index is 12.6. The molecule has 4 rings (SSSR count). The molecule has 9 heteroatoms. The number of rotatable bonds is 5. The van der Waals surface area contributed by atoms with Gasteiger partial charge in [0, 0.05) is 42.2 Å². The van der Waals surface area contributed by atoms with Crippen LogP contribution in [0.25, 0.3) is 11.1 Å². The van der Waals surface area contributed by atoms with Crippen molar-refractivity contribution in [2.75, 3.05) is 13.2 Å². The third-order valence-electron chi connectivity index (χ3n) is 4.71. The largest absolute Gasteiger partial charge is 0.491 e. The normalized spacial score (nSPS) is 15.5. The highest BCUT2D eigenvalue weighted by atomic mass is 19.4. The number of amides is 1. The van der Waals surface area contributed by atoms with Crippen molar-refractivity contribution in [3.8, 4) is 22.8 Å². The molecule has 0 saturated carbocycles. The van der Waals surface area contributed by atoms with E-state index in [0.29, 0.717) is 13.0 Å². The number of nitrogens with one attached hydrogen (secondary N) is 1. The number of carbonyl (C=O) groups excluding carboxylic acids is 1. The zero-order chi connectivity index (χ0) is 21.8. The number of fused-ring (bicyclic) bond motifs is 1. The molecule has 1 aliphatic rings. The number of carbonyl (C=O) groups is 1. The van der Waals surface area contributed by atoms with Gasteiger partial charge in [0.2, 0.25) is 5.88 Å². The summed E-state index contributed by atoms with van der Waals surface area (Å²) in [5.74, 6) is 0.162. The molecule has 0 bridgehead atoms. The minimum Gasteiger partial charge on any atom is -0.491 e. The minimum atomic E-state index is -4.45. The first-order valence-corrected chi connectivity index (χ1v) is 9.50. The van der Waals surface area contributed by atoms with E-state index in [1.165, 1.54) is 18.3 Å². The Morgan fingerprint density at radius 2 is 2.03 bits per heavy atom. The number of ether oxygens (including phenoxy) is 2. The van der Waals surface area contributed by atoms with Gasteiger partial charge in [-0.05, 0) is 23.8 Å². The summed E-state index contributed by atoms with van der Waals surface area (Å²) in [5.41, 5.74) is 3.12. The lowest BCUT2D eigenvalue weighted by Gasteiger charge is -2.28. The first-order valence-electron chi connectivity index (χ1n) is 9.50. The highest BCUT2D eigenvalue weighted by Gasteiger charge is 2.29. The Bertz CT molecular complexity index is 1060. The third-order valence-corrected chi connectivity index (χ3v) is 4.71. The van der Waals surface area contributed by atoms with Gasteiger partial charge in [-0.25, -0.2) is 4.98 Å². The molecule has 0 saturated heterocycles. The molecule has 0 fully saturated rings. The zero-order valence-electron chi connectivity index (χ0n) is 16.2. The van der Waals surface area contributed by atoms with E-state index in [-0.39, 0.29) is 17.5 Å². The second kappa shape index (κ2) is 8.63. The first kappa shape index (κ1) is 20.6. The van der Waals surface area contributed by atoms with Crippen LogP contribution >= 0.6 is 0 Å². The molecule has 0 spiro atoms. The van der Waals surface area contributed by atoms with E-state index in [2.05, 4.69) is 20.0 Å². The highest BCUT2D eigenvalue weighted by Crippen LogP contribution is 2.34. The van der Waals surface area contributed by atoms with E-state index in [0.717, 1.165) is 22.4 Å². The van der Waals surface area contributed by atoms with E-state index in [1.807, 2.05) is 30.3 Å². The molecule has 1 aromatic carbocycles. The Labute approximate surface area is 176 Å². The fourth-order valence-electron chi connectivity index (χ4n) is 3.32. The fraction of sp³-hybridized carbons (Fsp3) is 0.227. The van der Waals surface area contributed by atoms with Gasteiger partial charge in [0.25, 0.3) is 5.91 Å². The molecular formula is C22H18F3N3O3. The summed E-state index contributed by atoms with van der Waals surface area (Å²) in [5, 5.41) is 2.89. The average molecular weight is 429 g/mol. The zero-order valence-corrected chi connectivity index (χ0v) is 16.2. The Morgan fingerprint density at radius 1 is 1.16 bits per heavy atom. The number of nitrogens with zero attached hydrogens (tertiary/aromatic N) is 2. The molecule has 0 aliphatic carbocycles. The van der Waals surface area contributed by atoms with Crippen LogP contribution in [-0.2, 0) is 6.42 Å². The van der Waals surface area contributed by atoms with Gasteiger partial charge < -0.3 is 14.8 Å². The fourth-order valence-corrected chi connectivity index (χ4v) is 3.32. The predicted octanol–water partition coefficient (Wildman–Crippen LogP) is 3.82. The van der Waals surface area contributed by atoms with Crippen molar-refractivity contribution in [2.24, 2.45) is 0 Å². The second-order valence-corrected chi connectivity index (χ2v) is 7.00. The molecule has 0 radical (unpaired) electrons. The van der Waals surface area contributed by atoms with Gasteiger partial charge in [0.15, 0.2) is 6.61 Å². The molecule has 6 nitrogen and oxygen atoms in total. The van der Waals surface area contributed by atoms with Crippen molar-refractivity contribution in [2.45, 2.75) is 18.6 Å². The molecule has 2 aromatic heterocycles. The number of benzene rings is 1. The second-order valence-electron chi connectivity index (χ2n) is 7.00. The van der Waals surface area contributed by atoms with Gasteiger partial charge in [-0.15, -0.1) is 0 Å². The van der Waals surface area contributed by atoms with Crippen LogP contribution in [0.2, 0.25) is 0 Å². The van der Waals surface area contributed by atoms with Crippen LogP contribution in [0.4, 0.5) is 13.2 Å². The minimum absolute atomic E-state index is 0.204. The maximum absolute atomic E-state index is 12.6. The SMILES string of the molecule is O=C(NC1COc2cccc(-c3cccnc3)c2C1)c1ccc(OCC(F)(F)F)nc1. The topological polar surface area (TPSA) is 73.3 Å². The molecule has 3 heterocycles. The summed E-state index contributed by atoms with van der Waals surface area (Å²) in [4.78, 5) is 20.5. The van der Waals surface area contributed by atoms with Crippen LogP contribution in [0.3, 0.4) is 0 Å². The molecule has 31 heavy (non-hydrogen) atoms. The van der Waals surface area contributed by atoms with Crippen molar-refractivity contribution in [1.82, 2.24) is 15.3 Å². The number of alkyl halides is 3. The van der Waals surface area contributed by atoms with Gasteiger partial charge in [-0.2, -0.15) is 13.2 Å². The molecule has 1 amide bonds. The molecule has 1 aliphatic heterocycles. The van der Waals surface area contributed by atoms with Gasteiger partial charge in [0.1, 0.15) is 12.4 Å². The summed E-state index contributed by atoms with van der Waals surface area (Å²) < 4.78 is 47.1. The Kier molecular flexibility index (Phi) is 5.75. The van der Waals surface area contributed by atoms with Gasteiger partial charge in [-0.3, -0.25) is 9.78 Å². The van der Waals surface area contributed by atoms with E-state index in [4.69, 9.17) is 4.74 Å². The summed E-state index contributed by atoms with van der Waals surface area (Å²) in [6, 6.07) is 11.9. The van der Waals surface area contributed by atoms with E-state index in [1.54, 1.807) is 12.4 Å². The van der Waals surface area contributed by atoms with Crippen molar-refractivity contribution in [1.29, 1.82) is 0 Å². The lowest BCUT2D eigenvalue weighted by molar-refractivity contribution is -0.154. The van der Waals surface area contributed by atoms with Crippen molar-refractivity contribution < 1.29 is 27.4 Å². The molecule has 1 unspecified atom stereocenters. The third kappa shape index (κ3) is 5.11. The summed E-state index contributed by atoms with van der Waals surface area (Å²) in [7, 11) is 0.